The lowest BCUT2D eigenvalue weighted by Gasteiger charge is -2.48. The minimum atomic E-state index is -0.744. The lowest BCUT2D eigenvalue weighted by Crippen LogP contribution is -2.65. The molecule has 0 spiro atoms. The zero-order valence-electron chi connectivity index (χ0n) is 13.4. The molecule has 0 saturated carbocycles. The Balaban J connectivity index is 1.95. The van der Waals surface area contributed by atoms with E-state index in [4.69, 9.17) is 4.42 Å². The molecule has 1 saturated heterocycles. The smallest absolute Gasteiger partial charge is 0.289 e. The summed E-state index contributed by atoms with van der Waals surface area (Å²) in [5.41, 5.74) is -0.744. The second-order valence-electron chi connectivity index (χ2n) is 6.15. The van der Waals surface area contributed by atoms with Crippen molar-refractivity contribution in [3.05, 3.63) is 23.7 Å². The first-order chi connectivity index (χ1) is 9.89. The van der Waals surface area contributed by atoms with Gasteiger partial charge in [0.05, 0.1) is 19.6 Å². The Labute approximate surface area is 126 Å². The number of aliphatic hydroxyl groups is 1. The highest BCUT2D eigenvalue weighted by Gasteiger charge is 2.46. The molecule has 118 valence electrons. The van der Waals surface area contributed by atoms with E-state index in [9.17, 15) is 9.90 Å². The number of hydrogen-bond acceptors (Lipinski definition) is 4. The van der Waals surface area contributed by atoms with Crippen molar-refractivity contribution < 1.29 is 14.3 Å². The molecule has 0 aliphatic carbocycles. The predicted molar refractivity (Wildman–Crippen MR) is 81.0 cm³/mol. The minimum absolute atomic E-state index is 0.133. The molecule has 1 N–H and O–H groups in total. The van der Waals surface area contributed by atoms with Crippen molar-refractivity contribution in [2.45, 2.75) is 39.8 Å². The van der Waals surface area contributed by atoms with E-state index in [1.54, 1.807) is 11.0 Å². The standard InChI is InChI=1S/C16H26N2O3/c1-5-17(6-2)9-13-7-8-14(21-13)15(19)18-10-16(20,11-18)12(3)4/h7-8,12,20H,5-6,9-11H2,1-4H3. The van der Waals surface area contributed by atoms with Gasteiger partial charge in [-0.15, -0.1) is 0 Å². The molecule has 1 aromatic heterocycles. The zero-order valence-corrected chi connectivity index (χ0v) is 13.4. The molecule has 2 heterocycles. The maximum Gasteiger partial charge on any atom is 0.289 e. The number of amides is 1. The van der Waals surface area contributed by atoms with Gasteiger partial charge in [-0.1, -0.05) is 27.7 Å². The molecule has 0 atom stereocenters. The summed E-state index contributed by atoms with van der Waals surface area (Å²) in [4.78, 5) is 16.2. The summed E-state index contributed by atoms with van der Waals surface area (Å²) in [6.07, 6.45) is 0. The van der Waals surface area contributed by atoms with Crippen LogP contribution in [0.15, 0.2) is 16.5 Å². The van der Waals surface area contributed by atoms with Crippen LogP contribution in [-0.2, 0) is 6.54 Å². The van der Waals surface area contributed by atoms with Gasteiger partial charge in [0.15, 0.2) is 5.76 Å². The van der Waals surface area contributed by atoms with Crippen molar-refractivity contribution in [3.8, 4) is 0 Å². The van der Waals surface area contributed by atoms with Crippen molar-refractivity contribution in [1.82, 2.24) is 9.80 Å². The Hall–Kier alpha value is -1.33. The molecule has 1 aromatic rings. The van der Waals surface area contributed by atoms with Gasteiger partial charge in [-0.3, -0.25) is 9.69 Å². The van der Waals surface area contributed by atoms with E-state index in [2.05, 4.69) is 18.7 Å². The Kier molecular flexibility index (Phi) is 4.74. The monoisotopic (exact) mass is 294 g/mol. The summed E-state index contributed by atoms with van der Waals surface area (Å²) < 4.78 is 5.65. The summed E-state index contributed by atoms with van der Waals surface area (Å²) in [6.45, 7) is 11.5. The highest BCUT2D eigenvalue weighted by molar-refractivity contribution is 5.92. The van der Waals surface area contributed by atoms with Crippen molar-refractivity contribution in [2.24, 2.45) is 5.92 Å². The van der Waals surface area contributed by atoms with Gasteiger partial charge in [-0.05, 0) is 31.1 Å². The van der Waals surface area contributed by atoms with Gasteiger partial charge in [0.1, 0.15) is 11.4 Å². The van der Waals surface area contributed by atoms with Crippen LogP contribution in [0.2, 0.25) is 0 Å². The fraction of sp³-hybridized carbons (Fsp3) is 0.688. The van der Waals surface area contributed by atoms with Gasteiger partial charge in [0, 0.05) is 0 Å². The summed E-state index contributed by atoms with van der Waals surface area (Å²) in [5, 5.41) is 10.2. The lowest BCUT2D eigenvalue weighted by atomic mass is 9.83. The third-order valence-electron chi connectivity index (χ3n) is 4.44. The number of carbonyl (C=O) groups is 1. The molecule has 1 fully saturated rings. The number of carbonyl (C=O) groups excluding carboxylic acids is 1. The topological polar surface area (TPSA) is 56.9 Å². The van der Waals surface area contributed by atoms with Gasteiger partial charge in [0.25, 0.3) is 5.91 Å². The average molecular weight is 294 g/mol. The third-order valence-corrected chi connectivity index (χ3v) is 4.44. The Bertz CT molecular complexity index is 485. The van der Waals surface area contributed by atoms with Crippen LogP contribution >= 0.6 is 0 Å². The van der Waals surface area contributed by atoms with Crippen LogP contribution in [0, 0.1) is 5.92 Å². The normalized spacial score (nSPS) is 17.4. The highest BCUT2D eigenvalue weighted by Crippen LogP contribution is 2.30. The van der Waals surface area contributed by atoms with Gasteiger partial charge in [-0.25, -0.2) is 0 Å². The summed E-state index contributed by atoms with van der Waals surface area (Å²) in [5.74, 6) is 1.19. The van der Waals surface area contributed by atoms with Crippen molar-refractivity contribution in [3.63, 3.8) is 0 Å². The molecule has 2 rings (SSSR count). The molecule has 1 aliphatic heterocycles. The molecule has 1 amide bonds. The molecule has 21 heavy (non-hydrogen) atoms. The van der Waals surface area contributed by atoms with Crippen LogP contribution < -0.4 is 0 Å². The van der Waals surface area contributed by atoms with Crippen LogP contribution in [0.25, 0.3) is 0 Å². The number of furan rings is 1. The van der Waals surface area contributed by atoms with Crippen LogP contribution in [0.1, 0.15) is 44.0 Å². The van der Waals surface area contributed by atoms with Gasteiger partial charge >= 0.3 is 0 Å². The van der Waals surface area contributed by atoms with E-state index >= 15 is 0 Å². The van der Waals surface area contributed by atoms with Crippen molar-refractivity contribution >= 4 is 5.91 Å². The highest BCUT2D eigenvalue weighted by atomic mass is 16.4. The average Bonchev–Trinajstić information content (AvgIpc) is 2.88. The second kappa shape index (κ2) is 6.20. The SMILES string of the molecule is CCN(CC)Cc1ccc(C(=O)N2CC(O)(C(C)C)C2)o1. The second-order valence-corrected chi connectivity index (χ2v) is 6.15. The minimum Gasteiger partial charge on any atom is -0.455 e. The van der Waals surface area contributed by atoms with E-state index in [0.717, 1.165) is 25.4 Å². The maximum atomic E-state index is 12.3. The Morgan fingerprint density at radius 3 is 2.52 bits per heavy atom. The molecular formula is C16H26N2O3. The molecule has 5 heteroatoms. The van der Waals surface area contributed by atoms with Crippen LogP contribution in [-0.4, -0.2) is 52.6 Å². The van der Waals surface area contributed by atoms with E-state index in [1.165, 1.54) is 0 Å². The van der Waals surface area contributed by atoms with E-state index < -0.39 is 5.60 Å². The summed E-state index contributed by atoms with van der Waals surface area (Å²) in [7, 11) is 0. The van der Waals surface area contributed by atoms with Gasteiger partial charge in [-0.2, -0.15) is 0 Å². The zero-order chi connectivity index (χ0) is 15.6. The maximum absolute atomic E-state index is 12.3. The first-order valence-corrected chi connectivity index (χ1v) is 7.72. The van der Waals surface area contributed by atoms with Crippen LogP contribution in [0.5, 0.6) is 0 Å². The van der Waals surface area contributed by atoms with Crippen LogP contribution in [0.3, 0.4) is 0 Å². The Morgan fingerprint density at radius 2 is 2.00 bits per heavy atom. The first-order valence-electron chi connectivity index (χ1n) is 7.72. The Morgan fingerprint density at radius 1 is 1.38 bits per heavy atom. The quantitative estimate of drug-likeness (QED) is 0.871. The fourth-order valence-electron chi connectivity index (χ4n) is 2.52. The third kappa shape index (κ3) is 3.30. The van der Waals surface area contributed by atoms with Crippen molar-refractivity contribution in [1.29, 1.82) is 0 Å². The molecule has 0 radical (unpaired) electrons. The molecule has 5 nitrogen and oxygen atoms in total. The molecule has 0 unspecified atom stereocenters. The number of likely N-dealkylation sites (tertiary alicyclic amines) is 1. The molecular weight excluding hydrogens is 268 g/mol. The number of β-amino-alcohol motifs (C(OH)–C–C–N with tert-alkyl or cyclic N) is 1. The van der Waals surface area contributed by atoms with E-state index in [1.807, 2.05) is 19.9 Å². The summed E-state index contributed by atoms with van der Waals surface area (Å²) in [6, 6.07) is 3.59. The number of hydrogen-bond donors (Lipinski definition) is 1. The van der Waals surface area contributed by atoms with Gasteiger partial charge in [0.2, 0.25) is 0 Å². The predicted octanol–water partition coefficient (Wildman–Crippen LogP) is 1.96. The van der Waals surface area contributed by atoms with Crippen LogP contribution in [0.4, 0.5) is 0 Å². The molecule has 0 bridgehead atoms. The fourth-order valence-corrected chi connectivity index (χ4v) is 2.52. The first kappa shape index (κ1) is 16.0. The molecule has 0 aromatic carbocycles. The number of nitrogens with zero attached hydrogens (tertiary/aromatic N) is 2. The van der Waals surface area contributed by atoms with Gasteiger partial charge < -0.3 is 14.4 Å². The van der Waals surface area contributed by atoms with E-state index in [-0.39, 0.29) is 11.8 Å². The molecule has 1 aliphatic rings. The largest absolute Gasteiger partial charge is 0.455 e. The van der Waals surface area contributed by atoms with E-state index in [0.29, 0.717) is 18.8 Å². The number of rotatable bonds is 6. The summed E-state index contributed by atoms with van der Waals surface area (Å²) >= 11 is 0. The van der Waals surface area contributed by atoms with Crippen molar-refractivity contribution in [2.75, 3.05) is 26.2 Å². The lowest BCUT2D eigenvalue weighted by molar-refractivity contribution is -0.111.